The summed E-state index contributed by atoms with van der Waals surface area (Å²) >= 11 is 0. The molecule has 0 saturated heterocycles. The monoisotopic (exact) mass is 261 g/mol. The van der Waals surface area contributed by atoms with E-state index < -0.39 is 5.97 Å². The number of nitrogens with zero attached hydrogens (tertiary/aromatic N) is 2. The lowest BCUT2D eigenvalue weighted by molar-refractivity contribution is -0.142. The highest BCUT2D eigenvalue weighted by Gasteiger charge is 2.32. The lowest BCUT2D eigenvalue weighted by Gasteiger charge is -2.17. The Hall–Kier alpha value is -1.65. The molecular formula is C14H19N3O2. The Bertz CT molecular complexity index is 490. The normalized spacial score (nSPS) is 25.3. The van der Waals surface area contributed by atoms with Crippen LogP contribution in [0.5, 0.6) is 0 Å². The summed E-state index contributed by atoms with van der Waals surface area (Å²) in [4.78, 5) is 19.8. The molecule has 2 atom stereocenters. The van der Waals surface area contributed by atoms with Gasteiger partial charge in [-0.1, -0.05) is 6.42 Å². The molecular weight excluding hydrogens is 242 g/mol. The van der Waals surface area contributed by atoms with Gasteiger partial charge in [0.15, 0.2) is 0 Å². The molecule has 1 fully saturated rings. The van der Waals surface area contributed by atoms with E-state index in [-0.39, 0.29) is 11.8 Å². The number of carboxylic acids is 1. The van der Waals surface area contributed by atoms with Gasteiger partial charge in [0, 0.05) is 17.8 Å². The van der Waals surface area contributed by atoms with Crippen LogP contribution in [0.15, 0.2) is 6.33 Å². The molecule has 19 heavy (non-hydrogen) atoms. The van der Waals surface area contributed by atoms with E-state index in [1.807, 2.05) is 0 Å². The van der Waals surface area contributed by atoms with Crippen molar-refractivity contribution in [1.82, 2.24) is 9.97 Å². The van der Waals surface area contributed by atoms with Crippen LogP contribution in [0.25, 0.3) is 0 Å². The van der Waals surface area contributed by atoms with Crippen molar-refractivity contribution in [1.29, 1.82) is 0 Å². The van der Waals surface area contributed by atoms with Crippen LogP contribution in [0, 0.1) is 11.8 Å². The zero-order chi connectivity index (χ0) is 13.2. The maximum atomic E-state index is 11.2. The van der Waals surface area contributed by atoms with Gasteiger partial charge in [-0.3, -0.25) is 4.79 Å². The number of aliphatic carboxylic acids is 1. The van der Waals surface area contributed by atoms with Crippen LogP contribution in [-0.2, 0) is 17.6 Å². The third-order valence-corrected chi connectivity index (χ3v) is 4.38. The smallest absolute Gasteiger partial charge is 0.306 e. The third kappa shape index (κ3) is 2.41. The molecule has 0 amide bonds. The lowest BCUT2D eigenvalue weighted by atomic mass is 9.96. The van der Waals surface area contributed by atoms with E-state index in [0.29, 0.717) is 6.54 Å². The molecule has 0 aliphatic heterocycles. The van der Waals surface area contributed by atoms with Crippen LogP contribution < -0.4 is 5.32 Å². The average Bonchev–Trinajstić information content (AvgIpc) is 3.04. The maximum absolute atomic E-state index is 11.2. The molecule has 2 aliphatic rings. The van der Waals surface area contributed by atoms with Gasteiger partial charge < -0.3 is 10.4 Å². The highest BCUT2D eigenvalue weighted by Crippen LogP contribution is 2.32. The highest BCUT2D eigenvalue weighted by molar-refractivity contribution is 5.70. The Balaban J connectivity index is 1.67. The van der Waals surface area contributed by atoms with E-state index in [4.69, 9.17) is 0 Å². The summed E-state index contributed by atoms with van der Waals surface area (Å²) in [6.07, 6.45) is 7.64. The fraction of sp³-hybridized carbons (Fsp3) is 0.643. The molecule has 1 heterocycles. The first kappa shape index (κ1) is 12.4. The minimum atomic E-state index is -0.655. The molecule has 1 aromatic heterocycles. The van der Waals surface area contributed by atoms with Crippen LogP contribution in [0.3, 0.4) is 0 Å². The number of nitrogens with one attached hydrogen (secondary N) is 1. The Morgan fingerprint density at radius 3 is 3.05 bits per heavy atom. The molecule has 1 saturated carbocycles. The summed E-state index contributed by atoms with van der Waals surface area (Å²) in [5.41, 5.74) is 2.38. The molecule has 2 N–H and O–H groups in total. The number of anilines is 1. The van der Waals surface area contributed by atoms with Gasteiger partial charge in [0.05, 0.1) is 5.92 Å². The van der Waals surface area contributed by atoms with Crippen molar-refractivity contribution in [3.8, 4) is 0 Å². The molecule has 0 aromatic carbocycles. The number of hydrogen-bond acceptors (Lipinski definition) is 4. The first-order valence-electron chi connectivity index (χ1n) is 7.05. The first-order chi connectivity index (χ1) is 9.25. The van der Waals surface area contributed by atoms with Crippen molar-refractivity contribution in [2.75, 3.05) is 11.9 Å². The van der Waals surface area contributed by atoms with Gasteiger partial charge in [-0.2, -0.15) is 0 Å². The topological polar surface area (TPSA) is 75.1 Å². The van der Waals surface area contributed by atoms with Crippen LogP contribution in [0.4, 0.5) is 5.82 Å². The quantitative estimate of drug-likeness (QED) is 0.865. The molecule has 1 aromatic rings. The molecule has 0 spiro atoms. The predicted octanol–water partition coefficient (Wildman–Crippen LogP) is 1.88. The van der Waals surface area contributed by atoms with E-state index in [1.165, 1.54) is 5.56 Å². The number of aryl methyl sites for hydroxylation is 1. The fourth-order valence-electron chi connectivity index (χ4n) is 3.35. The van der Waals surface area contributed by atoms with Gasteiger partial charge in [-0.15, -0.1) is 0 Å². The number of fused-ring (bicyclic) bond motifs is 1. The zero-order valence-electron chi connectivity index (χ0n) is 10.9. The molecule has 2 aliphatic carbocycles. The zero-order valence-corrected chi connectivity index (χ0v) is 10.9. The van der Waals surface area contributed by atoms with Crippen LogP contribution >= 0.6 is 0 Å². The van der Waals surface area contributed by atoms with Crippen molar-refractivity contribution in [3.63, 3.8) is 0 Å². The highest BCUT2D eigenvalue weighted by atomic mass is 16.4. The summed E-state index contributed by atoms with van der Waals surface area (Å²) in [6.45, 7) is 0.709. The summed E-state index contributed by atoms with van der Waals surface area (Å²) < 4.78 is 0. The van der Waals surface area contributed by atoms with Gasteiger partial charge in [-0.25, -0.2) is 9.97 Å². The molecule has 0 bridgehead atoms. The summed E-state index contributed by atoms with van der Waals surface area (Å²) in [5, 5.41) is 12.5. The molecule has 3 rings (SSSR count). The second-order valence-electron chi connectivity index (χ2n) is 5.52. The Morgan fingerprint density at radius 1 is 1.32 bits per heavy atom. The first-order valence-corrected chi connectivity index (χ1v) is 7.05. The van der Waals surface area contributed by atoms with E-state index in [2.05, 4.69) is 15.3 Å². The molecule has 5 nitrogen and oxygen atoms in total. The maximum Gasteiger partial charge on any atom is 0.306 e. The van der Waals surface area contributed by atoms with Gasteiger partial charge in [-0.05, 0) is 38.0 Å². The SMILES string of the molecule is O=C(O)C1CCCC1CNc1ncnc2c1CCC2. The number of carboxylic acid groups (broad SMARTS) is 1. The van der Waals surface area contributed by atoms with Gasteiger partial charge >= 0.3 is 5.97 Å². The van der Waals surface area contributed by atoms with Gasteiger partial charge in [0.1, 0.15) is 12.1 Å². The molecule has 0 radical (unpaired) electrons. The standard InChI is InChI=1S/C14H19N3O2/c18-14(19)10-4-1-3-9(10)7-15-13-11-5-2-6-12(11)16-8-17-13/h8-10H,1-7H2,(H,18,19)(H,15,16,17). The van der Waals surface area contributed by atoms with Crippen molar-refractivity contribution >= 4 is 11.8 Å². The van der Waals surface area contributed by atoms with Crippen LogP contribution in [-0.4, -0.2) is 27.6 Å². The molecule has 5 heteroatoms. The van der Waals surface area contributed by atoms with Crippen molar-refractivity contribution in [2.24, 2.45) is 11.8 Å². The average molecular weight is 261 g/mol. The molecule has 2 unspecified atom stereocenters. The number of hydrogen-bond donors (Lipinski definition) is 2. The summed E-state index contributed by atoms with van der Waals surface area (Å²) in [5.74, 6) is 0.294. The largest absolute Gasteiger partial charge is 0.481 e. The van der Waals surface area contributed by atoms with Crippen molar-refractivity contribution in [2.45, 2.75) is 38.5 Å². The van der Waals surface area contributed by atoms with Crippen LogP contribution in [0.1, 0.15) is 36.9 Å². The third-order valence-electron chi connectivity index (χ3n) is 4.38. The molecule has 102 valence electrons. The summed E-state index contributed by atoms with van der Waals surface area (Å²) in [6, 6.07) is 0. The fourth-order valence-corrected chi connectivity index (χ4v) is 3.35. The van der Waals surface area contributed by atoms with Crippen molar-refractivity contribution < 1.29 is 9.90 Å². The Kier molecular flexibility index (Phi) is 3.36. The van der Waals surface area contributed by atoms with Gasteiger partial charge in [0.2, 0.25) is 0 Å². The summed E-state index contributed by atoms with van der Waals surface area (Å²) in [7, 11) is 0. The Labute approximate surface area is 112 Å². The number of carbonyl (C=O) groups is 1. The minimum Gasteiger partial charge on any atom is -0.481 e. The van der Waals surface area contributed by atoms with E-state index in [0.717, 1.165) is 50.0 Å². The number of rotatable bonds is 4. The second-order valence-corrected chi connectivity index (χ2v) is 5.52. The number of aromatic nitrogens is 2. The van der Waals surface area contributed by atoms with Crippen molar-refractivity contribution in [3.05, 3.63) is 17.6 Å². The van der Waals surface area contributed by atoms with Gasteiger partial charge in [0.25, 0.3) is 0 Å². The minimum absolute atomic E-state index is 0.192. The van der Waals surface area contributed by atoms with E-state index in [1.54, 1.807) is 6.33 Å². The van der Waals surface area contributed by atoms with Crippen LogP contribution in [0.2, 0.25) is 0 Å². The second kappa shape index (κ2) is 5.15. The predicted molar refractivity (Wildman–Crippen MR) is 71.0 cm³/mol. The lowest BCUT2D eigenvalue weighted by Crippen LogP contribution is -2.25. The van der Waals surface area contributed by atoms with E-state index >= 15 is 0 Å². The Morgan fingerprint density at radius 2 is 2.21 bits per heavy atom. The van der Waals surface area contributed by atoms with E-state index in [9.17, 15) is 9.90 Å².